The first-order chi connectivity index (χ1) is 26.5. The number of hydrogen-bond donors (Lipinski definition) is 0. The van der Waals surface area contributed by atoms with E-state index in [1.807, 2.05) is 60.7 Å². The Kier molecular flexibility index (Phi) is 7.32. The van der Waals surface area contributed by atoms with Gasteiger partial charge < -0.3 is 4.90 Å². The first-order valence-corrected chi connectivity index (χ1v) is 18.6. The molecule has 0 fully saturated rings. The Hall–Kier alpha value is -6.83. The Morgan fingerprint density at radius 3 is 1.94 bits per heavy atom. The minimum absolute atomic E-state index is 0.0677. The topological polar surface area (TPSA) is 52.8 Å². The lowest BCUT2D eigenvalue weighted by Crippen LogP contribution is -2.28. The quantitative estimate of drug-likeness (QED) is 0.180. The fourth-order valence-electron chi connectivity index (χ4n) is 8.90. The van der Waals surface area contributed by atoms with Gasteiger partial charge in [-0.15, -0.1) is 0 Å². The molecule has 54 heavy (non-hydrogen) atoms. The molecule has 0 bridgehead atoms. The van der Waals surface area contributed by atoms with E-state index < -0.39 is 0 Å². The third kappa shape index (κ3) is 4.97. The van der Waals surface area contributed by atoms with E-state index >= 15 is 0 Å². The predicted octanol–water partition coefficient (Wildman–Crippen LogP) is 12.1. The molecule has 0 saturated heterocycles. The smallest absolute Gasteiger partial charge is 0.160 e. The minimum Gasteiger partial charge on any atom is -0.333 e. The van der Waals surface area contributed by atoms with Crippen LogP contribution in [0.25, 0.3) is 56.2 Å². The number of rotatable bonds is 5. The van der Waals surface area contributed by atoms with Crippen LogP contribution in [0.15, 0.2) is 170 Å². The molecule has 1 aliphatic heterocycles. The van der Waals surface area contributed by atoms with Crippen LogP contribution in [0.4, 0.5) is 11.4 Å². The standard InChI is InChI=1S/C50H36N4/c1-50(2)41-23-13-11-21-39(41)47-42(50)25-26-46-48(47)40-22-12-14-24-45(40)54(46)37-28-35(38-20-10-9-19-34(38)31-51)27-36(29-37)49-52-43(32-15-5-3-6-16-32)30-44(53-49)33-17-7-4-8-18-33/h3-30,40,45H,1-2H3. The summed E-state index contributed by atoms with van der Waals surface area (Å²) in [4.78, 5) is 13.0. The first-order valence-electron chi connectivity index (χ1n) is 18.6. The highest BCUT2D eigenvalue weighted by Crippen LogP contribution is 2.58. The summed E-state index contributed by atoms with van der Waals surface area (Å²) >= 11 is 0. The van der Waals surface area contributed by atoms with Gasteiger partial charge in [0.2, 0.25) is 0 Å². The zero-order valence-corrected chi connectivity index (χ0v) is 30.1. The molecule has 0 saturated carbocycles. The van der Waals surface area contributed by atoms with Crippen LogP contribution in [0.2, 0.25) is 0 Å². The van der Waals surface area contributed by atoms with Crippen molar-refractivity contribution in [1.29, 1.82) is 5.26 Å². The molecule has 7 aromatic rings. The Morgan fingerprint density at radius 2 is 1.22 bits per heavy atom. The Balaban J connectivity index is 1.23. The van der Waals surface area contributed by atoms with Gasteiger partial charge in [-0.05, 0) is 75.3 Å². The van der Waals surface area contributed by atoms with E-state index in [1.165, 1.54) is 33.5 Å². The van der Waals surface area contributed by atoms with Gasteiger partial charge in [0.1, 0.15) is 0 Å². The van der Waals surface area contributed by atoms with Crippen molar-refractivity contribution in [2.75, 3.05) is 4.90 Å². The largest absolute Gasteiger partial charge is 0.333 e. The van der Waals surface area contributed by atoms with Crippen molar-refractivity contribution < 1.29 is 0 Å². The van der Waals surface area contributed by atoms with Crippen molar-refractivity contribution in [2.24, 2.45) is 0 Å². The maximum atomic E-state index is 10.3. The fraction of sp³-hybridized carbons (Fsp3) is 0.100. The number of allylic oxidation sites excluding steroid dienone is 2. The normalized spacial score (nSPS) is 17.0. The highest BCUT2D eigenvalue weighted by atomic mass is 15.2. The maximum Gasteiger partial charge on any atom is 0.160 e. The highest BCUT2D eigenvalue weighted by molar-refractivity contribution is 5.93. The van der Waals surface area contributed by atoms with Crippen molar-refractivity contribution >= 4 is 11.4 Å². The van der Waals surface area contributed by atoms with Crippen LogP contribution in [0, 0.1) is 11.3 Å². The lowest BCUT2D eigenvalue weighted by Gasteiger charge is -2.29. The lowest BCUT2D eigenvalue weighted by atomic mass is 9.81. The first kappa shape index (κ1) is 31.9. The molecule has 4 nitrogen and oxygen atoms in total. The minimum atomic E-state index is -0.0935. The maximum absolute atomic E-state index is 10.3. The van der Waals surface area contributed by atoms with Crippen molar-refractivity contribution in [2.45, 2.75) is 31.2 Å². The van der Waals surface area contributed by atoms with Crippen LogP contribution in [-0.4, -0.2) is 16.0 Å². The van der Waals surface area contributed by atoms with E-state index in [0.29, 0.717) is 11.4 Å². The summed E-state index contributed by atoms with van der Waals surface area (Å²) in [7, 11) is 0. The second kappa shape index (κ2) is 12.4. The number of fused-ring (bicyclic) bond motifs is 7. The van der Waals surface area contributed by atoms with E-state index in [2.05, 4.69) is 134 Å². The molecule has 3 aliphatic rings. The number of hydrogen-bond acceptors (Lipinski definition) is 4. The molecule has 0 N–H and O–H groups in total. The summed E-state index contributed by atoms with van der Waals surface area (Å²) in [5.74, 6) is 0.801. The summed E-state index contributed by atoms with van der Waals surface area (Å²) < 4.78 is 0. The number of anilines is 2. The summed E-state index contributed by atoms with van der Waals surface area (Å²) in [5.41, 5.74) is 16.1. The van der Waals surface area contributed by atoms with Crippen LogP contribution >= 0.6 is 0 Å². The summed E-state index contributed by atoms with van der Waals surface area (Å²) in [5, 5.41) is 10.3. The van der Waals surface area contributed by atoms with E-state index in [1.54, 1.807) is 0 Å². The van der Waals surface area contributed by atoms with Gasteiger partial charge in [-0.2, -0.15) is 5.26 Å². The van der Waals surface area contributed by atoms with Gasteiger partial charge >= 0.3 is 0 Å². The fourth-order valence-corrected chi connectivity index (χ4v) is 8.90. The van der Waals surface area contributed by atoms with E-state index in [4.69, 9.17) is 9.97 Å². The third-order valence-corrected chi connectivity index (χ3v) is 11.4. The zero-order valence-electron chi connectivity index (χ0n) is 30.1. The molecule has 0 radical (unpaired) electrons. The highest BCUT2D eigenvalue weighted by Gasteiger charge is 2.45. The SMILES string of the molecule is CC1(C)c2ccccc2-c2c1ccc1c2C2C=CC=CC2N1c1cc(-c2nc(-c3ccccc3)cc(-c3ccccc3)n2)cc(-c2ccccc2C#N)c1. The third-order valence-electron chi connectivity index (χ3n) is 11.4. The Bertz CT molecular complexity index is 2660. The van der Waals surface area contributed by atoms with Crippen LogP contribution in [-0.2, 0) is 5.41 Å². The summed E-state index contributed by atoms with van der Waals surface area (Å²) in [6.45, 7) is 4.70. The van der Waals surface area contributed by atoms with Crippen molar-refractivity contribution in [1.82, 2.24) is 9.97 Å². The Morgan fingerprint density at radius 1 is 0.593 bits per heavy atom. The van der Waals surface area contributed by atoms with Crippen molar-refractivity contribution in [3.8, 4) is 62.2 Å². The summed E-state index contributed by atoms with van der Waals surface area (Å²) in [6, 6.07) is 53.2. The molecule has 2 aliphatic carbocycles. The average Bonchev–Trinajstić information content (AvgIpc) is 3.69. The molecule has 1 aromatic heterocycles. The van der Waals surface area contributed by atoms with Gasteiger partial charge in [-0.3, -0.25) is 0 Å². The lowest BCUT2D eigenvalue weighted by molar-refractivity contribution is 0.660. The van der Waals surface area contributed by atoms with Gasteiger partial charge in [-0.25, -0.2) is 9.97 Å². The van der Waals surface area contributed by atoms with Gasteiger partial charge in [0.15, 0.2) is 5.82 Å². The van der Waals surface area contributed by atoms with Gasteiger partial charge in [0.05, 0.1) is 29.1 Å². The van der Waals surface area contributed by atoms with Gasteiger partial charge in [0.25, 0.3) is 0 Å². The molecule has 2 unspecified atom stereocenters. The molecule has 6 aromatic carbocycles. The molecular weight excluding hydrogens is 657 g/mol. The molecule has 2 heterocycles. The zero-order chi connectivity index (χ0) is 36.4. The van der Waals surface area contributed by atoms with Crippen molar-refractivity contribution in [3.63, 3.8) is 0 Å². The number of benzene rings is 6. The van der Waals surface area contributed by atoms with E-state index in [-0.39, 0.29) is 17.4 Å². The molecule has 10 rings (SSSR count). The predicted molar refractivity (Wildman–Crippen MR) is 219 cm³/mol. The molecule has 4 heteroatoms. The molecule has 0 spiro atoms. The second-order valence-electron chi connectivity index (χ2n) is 14.9. The number of nitriles is 1. The molecule has 0 amide bonds. The van der Waals surface area contributed by atoms with E-state index in [9.17, 15) is 5.26 Å². The van der Waals surface area contributed by atoms with Crippen LogP contribution in [0.3, 0.4) is 0 Å². The molecule has 256 valence electrons. The molecular formula is C50H36N4. The number of nitrogens with zero attached hydrogens (tertiary/aromatic N) is 4. The second-order valence-corrected chi connectivity index (χ2v) is 14.9. The number of aromatic nitrogens is 2. The summed E-state index contributed by atoms with van der Waals surface area (Å²) in [6.07, 6.45) is 9.07. The van der Waals surface area contributed by atoms with Gasteiger partial charge in [0, 0.05) is 39.4 Å². The Labute approximate surface area is 316 Å². The van der Waals surface area contributed by atoms with Crippen LogP contribution in [0.5, 0.6) is 0 Å². The van der Waals surface area contributed by atoms with Gasteiger partial charge in [-0.1, -0.05) is 147 Å². The van der Waals surface area contributed by atoms with Crippen LogP contribution < -0.4 is 4.90 Å². The monoisotopic (exact) mass is 692 g/mol. The molecule has 2 atom stereocenters. The average molecular weight is 693 g/mol. The van der Waals surface area contributed by atoms with Crippen LogP contribution in [0.1, 0.15) is 42.0 Å². The van der Waals surface area contributed by atoms with E-state index in [0.717, 1.165) is 44.9 Å². The van der Waals surface area contributed by atoms with Crippen molar-refractivity contribution in [3.05, 3.63) is 192 Å².